The zero-order valence-electron chi connectivity index (χ0n) is 14.7. The van der Waals surface area contributed by atoms with Crippen LogP contribution in [-0.4, -0.2) is 29.6 Å². The van der Waals surface area contributed by atoms with Gasteiger partial charge in [0.15, 0.2) is 5.11 Å². The monoisotopic (exact) mass is 383 g/mol. The van der Waals surface area contributed by atoms with Crippen LogP contribution in [0.5, 0.6) is 0 Å². The molecule has 2 aromatic carbocycles. The van der Waals surface area contributed by atoms with Gasteiger partial charge in [0.25, 0.3) is 0 Å². The van der Waals surface area contributed by atoms with Crippen molar-refractivity contribution >= 4 is 23.4 Å². The highest BCUT2D eigenvalue weighted by Crippen LogP contribution is 2.34. The van der Waals surface area contributed by atoms with Crippen molar-refractivity contribution in [2.45, 2.75) is 12.1 Å². The molecule has 2 heterocycles. The minimum absolute atomic E-state index is 0.0601. The summed E-state index contributed by atoms with van der Waals surface area (Å²) in [6.07, 6.45) is 4.17. The highest BCUT2D eigenvalue weighted by atomic mass is 32.1. The first kappa shape index (κ1) is 17.7. The first-order valence-corrected chi connectivity index (χ1v) is 9.11. The lowest BCUT2D eigenvalue weighted by Gasteiger charge is -2.42. The minimum atomic E-state index is -0.265. The van der Waals surface area contributed by atoms with Crippen molar-refractivity contribution in [1.29, 1.82) is 0 Å². The molecule has 3 nitrogen and oxygen atoms in total. The molecule has 6 heteroatoms. The van der Waals surface area contributed by atoms with Gasteiger partial charge in [0, 0.05) is 19.8 Å². The molecule has 0 saturated carbocycles. The van der Waals surface area contributed by atoms with E-state index in [0.29, 0.717) is 5.11 Å². The lowest BCUT2D eigenvalue weighted by atomic mass is 9.85. The molecule has 1 fully saturated rings. The normalized spacial score (nSPS) is 23.4. The van der Waals surface area contributed by atoms with Gasteiger partial charge in [0.1, 0.15) is 11.6 Å². The van der Waals surface area contributed by atoms with E-state index in [-0.39, 0.29) is 23.7 Å². The summed E-state index contributed by atoms with van der Waals surface area (Å²) >= 11 is 5.43. The smallest absolute Gasteiger partial charge is 0.167 e. The number of hydrogen-bond acceptors (Lipinski definition) is 2. The van der Waals surface area contributed by atoms with Gasteiger partial charge in [-0.25, -0.2) is 8.78 Å². The van der Waals surface area contributed by atoms with E-state index in [1.807, 2.05) is 7.05 Å². The third-order valence-electron chi connectivity index (χ3n) is 4.82. The molecule has 1 saturated heterocycles. The van der Waals surface area contributed by atoms with Crippen molar-refractivity contribution < 1.29 is 8.78 Å². The van der Waals surface area contributed by atoms with E-state index in [2.05, 4.69) is 27.8 Å². The van der Waals surface area contributed by atoms with Crippen molar-refractivity contribution in [3.63, 3.8) is 0 Å². The fourth-order valence-corrected chi connectivity index (χ4v) is 3.84. The van der Waals surface area contributed by atoms with Crippen molar-refractivity contribution in [3.05, 3.63) is 88.6 Å². The van der Waals surface area contributed by atoms with Gasteiger partial charge in [-0.3, -0.25) is 0 Å². The van der Waals surface area contributed by atoms with Crippen molar-refractivity contribution in [2.75, 3.05) is 13.6 Å². The molecule has 0 amide bonds. The molecule has 138 valence electrons. The summed E-state index contributed by atoms with van der Waals surface area (Å²) in [6, 6.07) is 12.7. The quantitative estimate of drug-likeness (QED) is 0.772. The average molecular weight is 383 g/mol. The maximum Gasteiger partial charge on any atom is 0.167 e. The SMILES string of the molecule is CN1C=C2C(NC(=S)NC2c2ccc(F)cc2)/C(=C\c2ccc(F)cc2)C1. The summed E-state index contributed by atoms with van der Waals surface area (Å²) in [4.78, 5) is 2.11. The molecule has 2 aliphatic rings. The summed E-state index contributed by atoms with van der Waals surface area (Å²) in [6.45, 7) is 0.733. The Morgan fingerprint density at radius 3 is 2.22 bits per heavy atom. The van der Waals surface area contributed by atoms with Crippen LogP contribution < -0.4 is 10.6 Å². The predicted molar refractivity (Wildman–Crippen MR) is 107 cm³/mol. The molecular weight excluding hydrogens is 364 g/mol. The number of likely N-dealkylation sites (N-methyl/N-ethyl adjacent to an activating group) is 1. The van der Waals surface area contributed by atoms with Crippen LogP contribution in [0.2, 0.25) is 0 Å². The highest BCUT2D eigenvalue weighted by Gasteiger charge is 2.35. The fraction of sp³-hybridized carbons (Fsp3) is 0.190. The maximum atomic E-state index is 13.3. The minimum Gasteiger partial charge on any atom is -0.376 e. The second kappa shape index (κ2) is 7.12. The van der Waals surface area contributed by atoms with Crippen molar-refractivity contribution in [3.8, 4) is 0 Å². The molecule has 2 aliphatic heterocycles. The number of thiocarbonyl (C=S) groups is 1. The van der Waals surface area contributed by atoms with Gasteiger partial charge in [-0.15, -0.1) is 0 Å². The van der Waals surface area contributed by atoms with E-state index in [0.717, 1.165) is 28.8 Å². The van der Waals surface area contributed by atoms with E-state index in [1.54, 1.807) is 24.3 Å². The average Bonchev–Trinajstić information content (AvgIpc) is 2.64. The first-order valence-electron chi connectivity index (χ1n) is 8.70. The van der Waals surface area contributed by atoms with Gasteiger partial charge in [0.2, 0.25) is 0 Å². The summed E-state index contributed by atoms with van der Waals surface area (Å²) in [5.41, 5.74) is 4.13. The van der Waals surface area contributed by atoms with Crippen LogP contribution in [-0.2, 0) is 0 Å². The van der Waals surface area contributed by atoms with Gasteiger partial charge in [-0.2, -0.15) is 0 Å². The van der Waals surface area contributed by atoms with E-state index in [9.17, 15) is 8.78 Å². The maximum absolute atomic E-state index is 13.3. The molecule has 0 aliphatic carbocycles. The Balaban J connectivity index is 1.72. The van der Waals surface area contributed by atoms with Gasteiger partial charge >= 0.3 is 0 Å². The summed E-state index contributed by atoms with van der Waals surface area (Å²) in [5.74, 6) is -0.519. The summed E-state index contributed by atoms with van der Waals surface area (Å²) in [7, 11) is 2.01. The van der Waals surface area contributed by atoms with Gasteiger partial charge < -0.3 is 15.5 Å². The molecule has 0 aromatic heterocycles. The van der Waals surface area contributed by atoms with Gasteiger partial charge in [-0.05, 0) is 58.8 Å². The molecule has 0 spiro atoms. The van der Waals surface area contributed by atoms with Crippen LogP contribution in [0.1, 0.15) is 17.2 Å². The Morgan fingerprint density at radius 1 is 0.963 bits per heavy atom. The standard InChI is InChI=1S/C21H19F2N3S/c1-26-11-15(10-13-2-6-16(22)7-3-13)20-18(12-26)19(24-21(27)25-20)14-4-8-17(23)9-5-14/h2-10,12,19-20H,11H2,1H3,(H2,24,25,27)/b15-10-. The third kappa shape index (κ3) is 3.71. The second-order valence-electron chi connectivity index (χ2n) is 6.85. The van der Waals surface area contributed by atoms with Gasteiger partial charge in [0.05, 0.1) is 12.1 Å². The van der Waals surface area contributed by atoms with Crippen LogP contribution in [0, 0.1) is 11.6 Å². The topological polar surface area (TPSA) is 27.3 Å². The molecule has 4 rings (SSSR count). The Hall–Kier alpha value is -2.73. The van der Waals surface area contributed by atoms with Crippen LogP contribution >= 0.6 is 12.2 Å². The molecule has 0 radical (unpaired) electrons. The van der Waals surface area contributed by atoms with E-state index < -0.39 is 0 Å². The number of halogens is 2. The number of hydrogen-bond donors (Lipinski definition) is 2. The predicted octanol–water partition coefficient (Wildman–Crippen LogP) is 3.77. The van der Waals surface area contributed by atoms with Crippen molar-refractivity contribution in [1.82, 2.24) is 15.5 Å². The molecule has 2 unspecified atom stereocenters. The third-order valence-corrected chi connectivity index (χ3v) is 5.05. The van der Waals surface area contributed by atoms with E-state index >= 15 is 0 Å². The molecule has 27 heavy (non-hydrogen) atoms. The number of nitrogens with zero attached hydrogens (tertiary/aromatic N) is 1. The van der Waals surface area contributed by atoms with Crippen LogP contribution in [0.15, 0.2) is 65.9 Å². The number of benzene rings is 2. The second-order valence-corrected chi connectivity index (χ2v) is 7.26. The number of nitrogens with one attached hydrogen (secondary N) is 2. The molecule has 2 atom stereocenters. The lowest BCUT2D eigenvalue weighted by molar-refractivity contribution is 0.425. The Kier molecular flexibility index (Phi) is 4.66. The van der Waals surface area contributed by atoms with E-state index in [4.69, 9.17) is 12.2 Å². The van der Waals surface area contributed by atoms with Crippen molar-refractivity contribution in [2.24, 2.45) is 0 Å². The fourth-order valence-electron chi connectivity index (χ4n) is 3.61. The Morgan fingerprint density at radius 2 is 1.56 bits per heavy atom. The van der Waals surface area contributed by atoms with Crippen LogP contribution in [0.25, 0.3) is 6.08 Å². The molecule has 0 bridgehead atoms. The molecule has 2 aromatic rings. The first-order chi connectivity index (χ1) is 13.0. The van der Waals surface area contributed by atoms with Crippen LogP contribution in [0.3, 0.4) is 0 Å². The van der Waals surface area contributed by atoms with E-state index in [1.165, 1.54) is 24.3 Å². The van der Waals surface area contributed by atoms with Crippen LogP contribution in [0.4, 0.5) is 8.78 Å². The Bertz CT molecular complexity index is 919. The lowest BCUT2D eigenvalue weighted by Crippen LogP contribution is -2.55. The zero-order valence-corrected chi connectivity index (χ0v) is 15.6. The zero-order chi connectivity index (χ0) is 19.0. The number of fused-ring (bicyclic) bond motifs is 1. The summed E-state index contributed by atoms with van der Waals surface area (Å²) in [5, 5.41) is 7.19. The summed E-state index contributed by atoms with van der Waals surface area (Å²) < 4.78 is 26.6. The molecular formula is C21H19F2N3S. The highest BCUT2D eigenvalue weighted by molar-refractivity contribution is 7.80. The largest absolute Gasteiger partial charge is 0.376 e. The Labute approximate surface area is 162 Å². The number of rotatable bonds is 2. The van der Waals surface area contributed by atoms with Gasteiger partial charge in [-0.1, -0.05) is 30.3 Å². The molecule has 2 N–H and O–H groups in total.